The number of aromatic nitrogens is 2. The van der Waals surface area contributed by atoms with Crippen molar-refractivity contribution in [2.45, 2.75) is 32.2 Å². The summed E-state index contributed by atoms with van der Waals surface area (Å²) >= 11 is 0. The Morgan fingerprint density at radius 3 is 2.65 bits per heavy atom. The molecule has 31 heavy (non-hydrogen) atoms. The Balaban J connectivity index is 1.56. The first-order chi connectivity index (χ1) is 14.8. The Kier molecular flexibility index (Phi) is 5.48. The summed E-state index contributed by atoms with van der Waals surface area (Å²) in [6, 6.07) is 0.465. The highest BCUT2D eigenvalue weighted by Crippen LogP contribution is 2.29. The van der Waals surface area contributed by atoms with Gasteiger partial charge in [0.25, 0.3) is 0 Å². The van der Waals surface area contributed by atoms with Gasteiger partial charge in [-0.05, 0) is 6.92 Å². The number of rotatable bonds is 3. The van der Waals surface area contributed by atoms with Gasteiger partial charge in [0.15, 0.2) is 17.5 Å². The standard InChI is InChI=1S/C19H20F3N5O4/c1-10-6-27-16(15(5-23-27)26-7-12(30-2)9-31-19(26)29)8-25(10)18(28)24-11-3-13(20)17(22)14(21)4-11/h3-5,10,12H,6-9H2,1-2H3,(H,24,28)/t10-,12-/m0/s1. The van der Waals surface area contributed by atoms with Crippen molar-refractivity contribution in [2.24, 2.45) is 0 Å². The van der Waals surface area contributed by atoms with Gasteiger partial charge in [-0.1, -0.05) is 0 Å². The number of carbonyl (C=O) groups excluding carboxylic acids is 2. The van der Waals surface area contributed by atoms with Gasteiger partial charge in [0.2, 0.25) is 0 Å². The largest absolute Gasteiger partial charge is 0.446 e. The SMILES string of the molecule is CO[C@@H]1COC(=O)N(c2cnn3c2CN(C(=O)Nc2cc(F)c(F)c(F)c2)[C@@H](C)C3)C1. The summed E-state index contributed by atoms with van der Waals surface area (Å²) in [6.07, 6.45) is 0.669. The number of nitrogens with zero attached hydrogens (tertiary/aromatic N) is 4. The number of hydrogen-bond acceptors (Lipinski definition) is 5. The lowest BCUT2D eigenvalue weighted by molar-refractivity contribution is 0.0237. The van der Waals surface area contributed by atoms with E-state index in [-0.39, 0.29) is 37.5 Å². The number of ether oxygens (including phenoxy) is 2. The third kappa shape index (κ3) is 3.90. The van der Waals surface area contributed by atoms with Crippen LogP contribution in [0.1, 0.15) is 12.6 Å². The number of amides is 3. The number of urea groups is 1. The molecular formula is C19H20F3N5O4. The number of anilines is 2. The number of cyclic esters (lactones) is 1. The Hall–Kier alpha value is -3.28. The van der Waals surface area contributed by atoms with E-state index < -0.39 is 29.6 Å². The summed E-state index contributed by atoms with van der Waals surface area (Å²) in [7, 11) is 1.52. The molecule has 0 radical (unpaired) electrons. The summed E-state index contributed by atoms with van der Waals surface area (Å²) in [4.78, 5) is 27.9. The molecule has 9 nitrogen and oxygen atoms in total. The zero-order chi connectivity index (χ0) is 22.3. The zero-order valence-electron chi connectivity index (χ0n) is 16.8. The van der Waals surface area contributed by atoms with Crippen LogP contribution in [0.3, 0.4) is 0 Å². The highest BCUT2D eigenvalue weighted by atomic mass is 19.2. The van der Waals surface area contributed by atoms with Gasteiger partial charge in [-0.3, -0.25) is 9.58 Å². The molecular weight excluding hydrogens is 419 g/mol. The Labute approximate surface area is 175 Å². The molecule has 1 fully saturated rings. The van der Waals surface area contributed by atoms with Gasteiger partial charge >= 0.3 is 12.1 Å². The smallest absolute Gasteiger partial charge is 0.414 e. The number of halogens is 3. The lowest BCUT2D eigenvalue weighted by Crippen LogP contribution is -2.49. The summed E-state index contributed by atoms with van der Waals surface area (Å²) in [5.74, 6) is -4.42. The van der Waals surface area contributed by atoms with E-state index in [9.17, 15) is 22.8 Å². The van der Waals surface area contributed by atoms with Crippen LogP contribution in [0.5, 0.6) is 0 Å². The van der Waals surface area contributed by atoms with Crippen molar-refractivity contribution in [3.8, 4) is 0 Å². The van der Waals surface area contributed by atoms with E-state index >= 15 is 0 Å². The van der Waals surface area contributed by atoms with Crippen LogP contribution in [0.15, 0.2) is 18.3 Å². The van der Waals surface area contributed by atoms with Gasteiger partial charge in [-0.15, -0.1) is 0 Å². The van der Waals surface area contributed by atoms with Crippen molar-refractivity contribution in [3.05, 3.63) is 41.5 Å². The maximum atomic E-state index is 13.5. The van der Waals surface area contributed by atoms with E-state index in [0.29, 0.717) is 30.1 Å². The monoisotopic (exact) mass is 439 g/mol. The van der Waals surface area contributed by atoms with Crippen molar-refractivity contribution in [2.75, 3.05) is 30.5 Å². The summed E-state index contributed by atoms with van der Waals surface area (Å²) in [5.41, 5.74) is 0.865. The summed E-state index contributed by atoms with van der Waals surface area (Å²) in [5, 5.41) is 6.69. The quantitative estimate of drug-likeness (QED) is 0.743. The van der Waals surface area contributed by atoms with E-state index in [2.05, 4.69) is 10.4 Å². The van der Waals surface area contributed by atoms with Crippen molar-refractivity contribution in [3.63, 3.8) is 0 Å². The van der Waals surface area contributed by atoms with Crippen LogP contribution in [0, 0.1) is 17.5 Å². The number of carbonyl (C=O) groups is 2. The lowest BCUT2D eigenvalue weighted by atomic mass is 10.1. The molecule has 2 aliphatic heterocycles. The van der Waals surface area contributed by atoms with Crippen LogP contribution >= 0.6 is 0 Å². The Morgan fingerprint density at radius 1 is 1.26 bits per heavy atom. The second kappa shape index (κ2) is 8.10. The predicted molar refractivity (Wildman–Crippen MR) is 102 cm³/mol. The van der Waals surface area contributed by atoms with Crippen molar-refractivity contribution < 1.29 is 32.2 Å². The third-order valence-corrected chi connectivity index (χ3v) is 5.34. The lowest BCUT2D eigenvalue weighted by Gasteiger charge is -2.36. The van der Waals surface area contributed by atoms with Crippen LogP contribution < -0.4 is 10.2 Å². The number of nitrogens with one attached hydrogen (secondary N) is 1. The minimum atomic E-state index is -1.61. The fourth-order valence-electron chi connectivity index (χ4n) is 3.62. The number of benzene rings is 1. The van der Waals surface area contributed by atoms with Crippen LogP contribution in [0.4, 0.5) is 34.1 Å². The third-order valence-electron chi connectivity index (χ3n) is 5.34. The molecule has 1 saturated heterocycles. The van der Waals surface area contributed by atoms with Gasteiger partial charge in [0.1, 0.15) is 12.7 Å². The Bertz CT molecular complexity index is 1010. The van der Waals surface area contributed by atoms with Crippen LogP contribution in [-0.2, 0) is 22.6 Å². The van der Waals surface area contributed by atoms with Gasteiger partial charge in [-0.25, -0.2) is 22.8 Å². The Morgan fingerprint density at radius 2 is 1.97 bits per heavy atom. The van der Waals surface area contributed by atoms with E-state index in [1.165, 1.54) is 23.1 Å². The van der Waals surface area contributed by atoms with E-state index in [1.54, 1.807) is 11.6 Å². The molecule has 2 aromatic rings. The number of methoxy groups -OCH3 is 1. The van der Waals surface area contributed by atoms with Crippen molar-refractivity contribution >= 4 is 23.5 Å². The highest BCUT2D eigenvalue weighted by molar-refractivity contribution is 5.91. The molecule has 166 valence electrons. The average Bonchev–Trinajstić information content (AvgIpc) is 3.14. The molecule has 0 bridgehead atoms. The number of hydrogen-bond donors (Lipinski definition) is 1. The molecule has 12 heteroatoms. The van der Waals surface area contributed by atoms with Crippen LogP contribution in [0.25, 0.3) is 0 Å². The van der Waals surface area contributed by atoms with Gasteiger partial charge in [0.05, 0.1) is 43.3 Å². The maximum Gasteiger partial charge on any atom is 0.414 e. The minimum Gasteiger partial charge on any atom is -0.446 e. The summed E-state index contributed by atoms with van der Waals surface area (Å²) < 4.78 is 52.2. The second-order valence-electron chi connectivity index (χ2n) is 7.36. The molecule has 1 aromatic heterocycles. The highest BCUT2D eigenvalue weighted by Gasteiger charge is 2.35. The molecule has 3 heterocycles. The van der Waals surface area contributed by atoms with E-state index in [1.807, 2.05) is 0 Å². The molecule has 4 rings (SSSR count). The molecule has 0 saturated carbocycles. The van der Waals surface area contributed by atoms with E-state index in [4.69, 9.17) is 9.47 Å². The van der Waals surface area contributed by atoms with Gasteiger partial charge < -0.3 is 19.7 Å². The van der Waals surface area contributed by atoms with Crippen molar-refractivity contribution in [1.29, 1.82) is 0 Å². The molecule has 2 atom stereocenters. The maximum absolute atomic E-state index is 13.5. The van der Waals surface area contributed by atoms with Gasteiger partial charge in [0, 0.05) is 24.9 Å². The zero-order valence-corrected chi connectivity index (χ0v) is 16.8. The molecule has 1 N–H and O–H groups in total. The molecule has 0 aliphatic carbocycles. The molecule has 0 spiro atoms. The molecule has 3 amide bonds. The minimum absolute atomic E-state index is 0.0793. The predicted octanol–water partition coefficient (Wildman–Crippen LogP) is 2.71. The molecule has 0 unspecified atom stereocenters. The first-order valence-corrected chi connectivity index (χ1v) is 9.52. The van der Waals surface area contributed by atoms with Crippen LogP contribution in [0.2, 0.25) is 0 Å². The molecule has 2 aliphatic rings. The van der Waals surface area contributed by atoms with E-state index in [0.717, 1.165) is 0 Å². The summed E-state index contributed by atoms with van der Waals surface area (Å²) in [6.45, 7) is 2.61. The fraction of sp³-hybridized carbons (Fsp3) is 0.421. The first kappa shape index (κ1) is 21.0. The molecule has 1 aromatic carbocycles. The topological polar surface area (TPSA) is 88.9 Å². The van der Waals surface area contributed by atoms with Gasteiger partial charge in [-0.2, -0.15) is 5.10 Å². The normalized spacial score (nSPS) is 21.0. The van der Waals surface area contributed by atoms with Crippen molar-refractivity contribution in [1.82, 2.24) is 14.7 Å². The second-order valence-corrected chi connectivity index (χ2v) is 7.36. The fourth-order valence-corrected chi connectivity index (χ4v) is 3.62. The van der Waals surface area contributed by atoms with Crippen LogP contribution in [-0.4, -0.2) is 59.2 Å². The average molecular weight is 439 g/mol. The number of fused-ring (bicyclic) bond motifs is 1. The first-order valence-electron chi connectivity index (χ1n) is 9.52.